The van der Waals surface area contributed by atoms with Crippen LogP contribution in [0.2, 0.25) is 0 Å². The van der Waals surface area contributed by atoms with Gasteiger partial charge in [0.15, 0.2) is 0 Å². The third-order valence-corrected chi connectivity index (χ3v) is 3.88. The van der Waals surface area contributed by atoms with E-state index < -0.39 is 5.97 Å². The molecule has 0 saturated carbocycles. The molecule has 1 aliphatic heterocycles. The number of hydrogen-bond donors (Lipinski definition) is 1. The van der Waals surface area contributed by atoms with E-state index in [9.17, 15) is 9.90 Å². The number of likely N-dealkylation sites (tertiary alicyclic amines) is 1. The molecule has 1 N–H and O–H groups in total. The van der Waals surface area contributed by atoms with Gasteiger partial charge in [0, 0.05) is 18.4 Å². The van der Waals surface area contributed by atoms with Crippen molar-refractivity contribution in [2.45, 2.75) is 51.1 Å². The first-order valence-corrected chi connectivity index (χ1v) is 7.12. The Morgan fingerprint density at radius 1 is 1.63 bits per heavy atom. The smallest absolute Gasteiger partial charge is 0.320 e. The highest BCUT2D eigenvalue weighted by molar-refractivity contribution is 5.73. The number of carboxylic acid groups (broad SMARTS) is 1. The summed E-state index contributed by atoms with van der Waals surface area (Å²) in [5.41, 5.74) is 1.14. The second-order valence-corrected chi connectivity index (χ2v) is 5.18. The molecule has 2 unspecified atom stereocenters. The lowest BCUT2D eigenvalue weighted by Gasteiger charge is -2.31. The SMILES string of the molecule is CCCCC(c1cccnc1)N1CCCC1C(=O)O. The Bertz CT molecular complexity index is 408. The van der Waals surface area contributed by atoms with Gasteiger partial charge in [-0.2, -0.15) is 0 Å². The summed E-state index contributed by atoms with van der Waals surface area (Å²) in [7, 11) is 0. The number of pyridine rings is 1. The van der Waals surface area contributed by atoms with Crippen LogP contribution in [0.25, 0.3) is 0 Å². The molecule has 0 radical (unpaired) electrons. The van der Waals surface area contributed by atoms with Crippen molar-refractivity contribution in [2.75, 3.05) is 6.54 Å². The monoisotopic (exact) mass is 262 g/mol. The van der Waals surface area contributed by atoms with Crippen LogP contribution in [0.4, 0.5) is 0 Å². The third-order valence-electron chi connectivity index (χ3n) is 3.88. The van der Waals surface area contributed by atoms with Crippen LogP contribution in [0.15, 0.2) is 24.5 Å². The molecule has 4 heteroatoms. The average molecular weight is 262 g/mol. The van der Waals surface area contributed by atoms with E-state index in [1.807, 2.05) is 12.3 Å². The quantitative estimate of drug-likeness (QED) is 0.856. The Kier molecular flexibility index (Phi) is 4.91. The molecule has 0 spiro atoms. The van der Waals surface area contributed by atoms with Gasteiger partial charge in [-0.1, -0.05) is 25.8 Å². The lowest BCUT2D eigenvalue weighted by molar-refractivity contribution is -0.143. The second kappa shape index (κ2) is 6.66. The number of rotatable bonds is 6. The van der Waals surface area contributed by atoms with Gasteiger partial charge < -0.3 is 5.11 Å². The molecule has 0 amide bonds. The van der Waals surface area contributed by atoms with Crippen molar-refractivity contribution in [1.82, 2.24) is 9.88 Å². The van der Waals surface area contributed by atoms with Gasteiger partial charge >= 0.3 is 5.97 Å². The topological polar surface area (TPSA) is 53.4 Å². The van der Waals surface area contributed by atoms with Crippen LogP contribution >= 0.6 is 0 Å². The van der Waals surface area contributed by atoms with Crippen LogP contribution in [0.3, 0.4) is 0 Å². The molecule has 1 aromatic heterocycles. The minimum Gasteiger partial charge on any atom is -0.480 e. The van der Waals surface area contributed by atoms with Crippen LogP contribution in [-0.2, 0) is 4.79 Å². The molecule has 104 valence electrons. The highest BCUT2D eigenvalue weighted by atomic mass is 16.4. The Morgan fingerprint density at radius 3 is 3.11 bits per heavy atom. The number of hydrogen-bond acceptors (Lipinski definition) is 3. The predicted octanol–water partition coefficient (Wildman–Crippen LogP) is 2.86. The van der Waals surface area contributed by atoms with Gasteiger partial charge in [0.05, 0.1) is 0 Å². The Morgan fingerprint density at radius 2 is 2.47 bits per heavy atom. The number of aromatic nitrogens is 1. The summed E-state index contributed by atoms with van der Waals surface area (Å²) in [6.07, 6.45) is 8.62. The molecule has 1 aromatic rings. The van der Waals surface area contributed by atoms with Gasteiger partial charge in [0.1, 0.15) is 6.04 Å². The molecule has 0 aliphatic carbocycles. The zero-order valence-corrected chi connectivity index (χ0v) is 11.5. The maximum Gasteiger partial charge on any atom is 0.320 e. The van der Waals surface area contributed by atoms with E-state index in [0.717, 1.165) is 44.2 Å². The van der Waals surface area contributed by atoms with Crippen molar-refractivity contribution in [3.8, 4) is 0 Å². The Balaban J connectivity index is 2.19. The van der Waals surface area contributed by atoms with E-state index >= 15 is 0 Å². The van der Waals surface area contributed by atoms with E-state index in [1.165, 1.54) is 0 Å². The molecule has 4 nitrogen and oxygen atoms in total. The molecule has 1 saturated heterocycles. The van der Waals surface area contributed by atoms with Crippen LogP contribution in [0.1, 0.15) is 50.6 Å². The Hall–Kier alpha value is -1.42. The van der Waals surface area contributed by atoms with Crippen molar-refractivity contribution >= 4 is 5.97 Å². The standard InChI is InChI=1S/C15H22N2O2/c1-2-3-7-13(12-6-4-9-16-11-12)17-10-5-8-14(17)15(18)19/h4,6,9,11,13-14H,2-3,5,7-8,10H2,1H3,(H,18,19). The van der Waals surface area contributed by atoms with Crippen LogP contribution in [0, 0.1) is 0 Å². The summed E-state index contributed by atoms with van der Waals surface area (Å²) in [6.45, 7) is 3.04. The lowest BCUT2D eigenvalue weighted by Crippen LogP contribution is -2.38. The largest absolute Gasteiger partial charge is 0.480 e. The fourth-order valence-corrected chi connectivity index (χ4v) is 2.92. The molecular formula is C15H22N2O2. The van der Waals surface area contributed by atoms with Crippen LogP contribution in [-0.4, -0.2) is 33.5 Å². The molecule has 1 fully saturated rings. The molecule has 2 rings (SSSR count). The third kappa shape index (κ3) is 3.32. The maximum absolute atomic E-state index is 11.4. The Labute approximate surface area is 114 Å². The molecule has 0 aromatic carbocycles. The van der Waals surface area contributed by atoms with Gasteiger partial charge in [-0.3, -0.25) is 14.7 Å². The number of unbranched alkanes of at least 4 members (excludes halogenated alkanes) is 1. The summed E-state index contributed by atoms with van der Waals surface area (Å²) in [6, 6.07) is 3.85. The molecule has 0 bridgehead atoms. The number of nitrogens with zero attached hydrogens (tertiary/aromatic N) is 2. The summed E-state index contributed by atoms with van der Waals surface area (Å²) >= 11 is 0. The molecule has 2 heterocycles. The van der Waals surface area contributed by atoms with Gasteiger partial charge in [-0.15, -0.1) is 0 Å². The van der Waals surface area contributed by atoms with Crippen LogP contribution < -0.4 is 0 Å². The highest BCUT2D eigenvalue weighted by Gasteiger charge is 2.35. The fourth-order valence-electron chi connectivity index (χ4n) is 2.92. The summed E-state index contributed by atoms with van der Waals surface area (Å²) < 4.78 is 0. The van der Waals surface area contributed by atoms with Crippen LogP contribution in [0.5, 0.6) is 0 Å². The van der Waals surface area contributed by atoms with E-state index in [0.29, 0.717) is 0 Å². The zero-order chi connectivity index (χ0) is 13.7. The number of carboxylic acids is 1. The first-order valence-electron chi connectivity index (χ1n) is 7.12. The first kappa shape index (κ1) is 14.0. The van der Waals surface area contributed by atoms with E-state index in [4.69, 9.17) is 0 Å². The number of aliphatic carboxylic acids is 1. The number of carbonyl (C=O) groups is 1. The van der Waals surface area contributed by atoms with E-state index in [1.54, 1.807) is 6.20 Å². The van der Waals surface area contributed by atoms with Crippen molar-refractivity contribution in [1.29, 1.82) is 0 Å². The minimum absolute atomic E-state index is 0.192. The van der Waals surface area contributed by atoms with Gasteiger partial charge in [0.2, 0.25) is 0 Å². The zero-order valence-electron chi connectivity index (χ0n) is 11.5. The molecule has 2 atom stereocenters. The summed E-state index contributed by atoms with van der Waals surface area (Å²) in [5, 5.41) is 9.35. The van der Waals surface area contributed by atoms with Gasteiger partial charge in [0.25, 0.3) is 0 Å². The predicted molar refractivity (Wildman–Crippen MR) is 73.9 cm³/mol. The highest BCUT2D eigenvalue weighted by Crippen LogP contribution is 2.32. The van der Waals surface area contributed by atoms with Crippen molar-refractivity contribution in [2.24, 2.45) is 0 Å². The summed E-state index contributed by atoms with van der Waals surface area (Å²) in [5.74, 6) is -0.692. The molecule has 19 heavy (non-hydrogen) atoms. The molecule has 1 aliphatic rings. The van der Waals surface area contributed by atoms with Gasteiger partial charge in [-0.25, -0.2) is 0 Å². The average Bonchev–Trinajstić information content (AvgIpc) is 2.90. The summed E-state index contributed by atoms with van der Waals surface area (Å²) in [4.78, 5) is 17.7. The van der Waals surface area contributed by atoms with E-state index in [2.05, 4.69) is 22.9 Å². The second-order valence-electron chi connectivity index (χ2n) is 5.18. The minimum atomic E-state index is -0.692. The maximum atomic E-state index is 11.4. The van der Waals surface area contributed by atoms with E-state index in [-0.39, 0.29) is 12.1 Å². The van der Waals surface area contributed by atoms with Gasteiger partial charge in [-0.05, 0) is 37.4 Å². The van der Waals surface area contributed by atoms with Crippen molar-refractivity contribution in [3.63, 3.8) is 0 Å². The van der Waals surface area contributed by atoms with Crippen molar-refractivity contribution < 1.29 is 9.90 Å². The first-order chi connectivity index (χ1) is 9.24. The lowest BCUT2D eigenvalue weighted by atomic mass is 10.00. The fraction of sp³-hybridized carbons (Fsp3) is 0.600. The van der Waals surface area contributed by atoms with Crippen molar-refractivity contribution in [3.05, 3.63) is 30.1 Å². The molecular weight excluding hydrogens is 240 g/mol. The normalized spacial score (nSPS) is 21.4.